The molecule has 2 aromatic rings. The molecule has 1 aliphatic heterocycles. The third-order valence-corrected chi connectivity index (χ3v) is 3.30. The van der Waals surface area contributed by atoms with Crippen molar-refractivity contribution in [3.05, 3.63) is 24.3 Å². The predicted molar refractivity (Wildman–Crippen MR) is 68.3 cm³/mol. The second kappa shape index (κ2) is 4.37. The lowest BCUT2D eigenvalue weighted by molar-refractivity contribution is 0.527. The molecule has 1 atom stereocenters. The van der Waals surface area contributed by atoms with Crippen molar-refractivity contribution in [1.82, 2.24) is 10.3 Å². The molecule has 0 saturated carbocycles. The van der Waals surface area contributed by atoms with E-state index in [0.29, 0.717) is 5.92 Å². The van der Waals surface area contributed by atoms with Gasteiger partial charge in [-0.05, 0) is 37.6 Å². The average molecular weight is 231 g/mol. The van der Waals surface area contributed by atoms with Crippen molar-refractivity contribution in [2.24, 2.45) is 5.92 Å². The Kier molecular flexibility index (Phi) is 2.73. The van der Waals surface area contributed by atoms with E-state index in [0.717, 1.165) is 36.7 Å². The van der Waals surface area contributed by atoms with Crippen molar-refractivity contribution in [3.8, 4) is 0 Å². The Hall–Kier alpha value is -1.55. The van der Waals surface area contributed by atoms with Gasteiger partial charge in [0.25, 0.3) is 6.01 Å². The zero-order valence-electron chi connectivity index (χ0n) is 10.0. The van der Waals surface area contributed by atoms with Gasteiger partial charge in [0.05, 0.1) is 0 Å². The summed E-state index contributed by atoms with van der Waals surface area (Å²) < 4.78 is 5.73. The number of hydrogen-bond donors (Lipinski definition) is 1. The standard InChI is InChI=1S/C13H17N3O/c1-16(9-10-6-7-14-8-10)13-15-11-4-2-3-5-12(11)17-13/h2-5,10,14H,6-9H2,1H3. The first-order chi connectivity index (χ1) is 8.33. The summed E-state index contributed by atoms with van der Waals surface area (Å²) in [4.78, 5) is 6.60. The van der Waals surface area contributed by atoms with Crippen LogP contribution < -0.4 is 10.2 Å². The van der Waals surface area contributed by atoms with E-state index in [1.165, 1.54) is 6.42 Å². The minimum atomic E-state index is 0.704. The van der Waals surface area contributed by atoms with Crippen LogP contribution in [0.15, 0.2) is 28.7 Å². The van der Waals surface area contributed by atoms with Gasteiger partial charge < -0.3 is 14.6 Å². The highest BCUT2D eigenvalue weighted by Crippen LogP contribution is 2.22. The molecule has 1 N–H and O–H groups in total. The molecule has 90 valence electrons. The third-order valence-electron chi connectivity index (χ3n) is 3.30. The lowest BCUT2D eigenvalue weighted by atomic mass is 10.1. The summed E-state index contributed by atoms with van der Waals surface area (Å²) >= 11 is 0. The first kappa shape index (κ1) is 10.6. The molecule has 1 fully saturated rings. The van der Waals surface area contributed by atoms with Gasteiger partial charge >= 0.3 is 0 Å². The van der Waals surface area contributed by atoms with Gasteiger partial charge in [-0.3, -0.25) is 0 Å². The fraction of sp³-hybridized carbons (Fsp3) is 0.462. The van der Waals surface area contributed by atoms with Crippen molar-refractivity contribution in [1.29, 1.82) is 0 Å². The molecule has 2 heterocycles. The minimum absolute atomic E-state index is 0.704. The Balaban J connectivity index is 1.77. The van der Waals surface area contributed by atoms with Crippen molar-refractivity contribution >= 4 is 17.1 Å². The maximum atomic E-state index is 5.73. The van der Waals surface area contributed by atoms with Gasteiger partial charge in [-0.25, -0.2) is 0 Å². The Morgan fingerprint density at radius 3 is 3.12 bits per heavy atom. The van der Waals surface area contributed by atoms with E-state index in [9.17, 15) is 0 Å². The van der Waals surface area contributed by atoms with Crippen molar-refractivity contribution in [2.45, 2.75) is 6.42 Å². The van der Waals surface area contributed by atoms with Crippen LogP contribution in [0.25, 0.3) is 11.1 Å². The third kappa shape index (κ3) is 2.13. The zero-order valence-corrected chi connectivity index (χ0v) is 10.0. The lowest BCUT2D eigenvalue weighted by Crippen LogP contribution is -2.26. The molecule has 1 aliphatic rings. The molecule has 0 aliphatic carbocycles. The molecule has 17 heavy (non-hydrogen) atoms. The largest absolute Gasteiger partial charge is 0.423 e. The molecule has 0 radical (unpaired) electrons. The van der Waals surface area contributed by atoms with Crippen LogP contribution in [0.3, 0.4) is 0 Å². The first-order valence-electron chi connectivity index (χ1n) is 6.10. The first-order valence-corrected chi connectivity index (χ1v) is 6.10. The number of benzene rings is 1. The van der Waals surface area contributed by atoms with Crippen LogP contribution in [0.4, 0.5) is 6.01 Å². The zero-order chi connectivity index (χ0) is 11.7. The number of hydrogen-bond acceptors (Lipinski definition) is 4. The summed E-state index contributed by atoms with van der Waals surface area (Å²) in [5.74, 6) is 0.704. The summed E-state index contributed by atoms with van der Waals surface area (Å²) in [5, 5.41) is 3.38. The second-order valence-electron chi connectivity index (χ2n) is 4.70. The fourth-order valence-corrected chi connectivity index (χ4v) is 2.36. The van der Waals surface area contributed by atoms with Crippen LogP contribution in [-0.4, -0.2) is 31.7 Å². The number of nitrogens with one attached hydrogen (secondary N) is 1. The van der Waals surface area contributed by atoms with Crippen LogP contribution in [-0.2, 0) is 0 Å². The Morgan fingerprint density at radius 2 is 2.35 bits per heavy atom. The number of nitrogens with zero attached hydrogens (tertiary/aromatic N) is 2. The van der Waals surface area contributed by atoms with Crippen molar-refractivity contribution in [2.75, 3.05) is 31.6 Å². The highest BCUT2D eigenvalue weighted by Gasteiger charge is 2.18. The van der Waals surface area contributed by atoms with Gasteiger partial charge in [0, 0.05) is 13.6 Å². The molecule has 1 aromatic heterocycles. The maximum absolute atomic E-state index is 5.73. The van der Waals surface area contributed by atoms with E-state index in [-0.39, 0.29) is 0 Å². The summed E-state index contributed by atoms with van der Waals surface area (Å²) in [6.45, 7) is 3.23. The van der Waals surface area contributed by atoms with E-state index < -0.39 is 0 Å². The summed E-state index contributed by atoms with van der Waals surface area (Å²) in [6, 6.07) is 8.61. The maximum Gasteiger partial charge on any atom is 0.298 e. The van der Waals surface area contributed by atoms with Crippen LogP contribution >= 0.6 is 0 Å². The molecule has 1 aromatic carbocycles. The van der Waals surface area contributed by atoms with E-state index in [1.54, 1.807) is 0 Å². The van der Waals surface area contributed by atoms with E-state index in [2.05, 4.69) is 15.2 Å². The molecule has 1 unspecified atom stereocenters. The van der Waals surface area contributed by atoms with E-state index in [4.69, 9.17) is 4.42 Å². The molecular weight excluding hydrogens is 214 g/mol. The Bertz CT molecular complexity index is 469. The number of aromatic nitrogens is 1. The van der Waals surface area contributed by atoms with Gasteiger partial charge in [-0.2, -0.15) is 4.98 Å². The van der Waals surface area contributed by atoms with Crippen LogP contribution in [0, 0.1) is 5.92 Å². The SMILES string of the molecule is CN(CC1CCNC1)c1nc2ccccc2o1. The molecule has 4 heteroatoms. The van der Waals surface area contributed by atoms with Crippen molar-refractivity contribution in [3.63, 3.8) is 0 Å². The highest BCUT2D eigenvalue weighted by atomic mass is 16.4. The van der Waals surface area contributed by atoms with Crippen LogP contribution in [0.1, 0.15) is 6.42 Å². The molecule has 0 amide bonds. The molecule has 0 bridgehead atoms. The quantitative estimate of drug-likeness (QED) is 0.875. The Morgan fingerprint density at radius 1 is 1.47 bits per heavy atom. The topological polar surface area (TPSA) is 41.3 Å². The predicted octanol–water partition coefficient (Wildman–Crippen LogP) is 1.87. The normalized spacial score (nSPS) is 19.9. The lowest BCUT2D eigenvalue weighted by Gasteiger charge is -2.18. The van der Waals surface area contributed by atoms with Crippen molar-refractivity contribution < 1.29 is 4.42 Å². The van der Waals surface area contributed by atoms with E-state index >= 15 is 0 Å². The van der Waals surface area contributed by atoms with Gasteiger partial charge in [0.15, 0.2) is 5.58 Å². The molecule has 4 nitrogen and oxygen atoms in total. The van der Waals surface area contributed by atoms with Gasteiger partial charge in [0.1, 0.15) is 5.52 Å². The second-order valence-corrected chi connectivity index (χ2v) is 4.70. The van der Waals surface area contributed by atoms with E-state index in [1.807, 2.05) is 31.3 Å². The number of rotatable bonds is 3. The fourth-order valence-electron chi connectivity index (χ4n) is 2.36. The molecular formula is C13H17N3O. The number of oxazole rings is 1. The van der Waals surface area contributed by atoms with Gasteiger partial charge in [0.2, 0.25) is 0 Å². The molecule has 0 spiro atoms. The number of anilines is 1. The number of para-hydroxylation sites is 2. The summed E-state index contributed by atoms with van der Waals surface area (Å²) in [5.41, 5.74) is 1.79. The van der Waals surface area contributed by atoms with Gasteiger partial charge in [-0.15, -0.1) is 0 Å². The molecule has 3 rings (SSSR count). The number of fused-ring (bicyclic) bond motifs is 1. The van der Waals surface area contributed by atoms with Gasteiger partial charge in [-0.1, -0.05) is 12.1 Å². The minimum Gasteiger partial charge on any atom is -0.423 e. The smallest absolute Gasteiger partial charge is 0.298 e. The monoisotopic (exact) mass is 231 g/mol. The van der Waals surface area contributed by atoms with Crippen LogP contribution in [0.2, 0.25) is 0 Å². The summed E-state index contributed by atoms with van der Waals surface area (Å²) in [7, 11) is 2.04. The molecule has 1 saturated heterocycles. The Labute approximate surface area is 101 Å². The highest BCUT2D eigenvalue weighted by molar-refractivity contribution is 5.74. The summed E-state index contributed by atoms with van der Waals surface area (Å²) in [6.07, 6.45) is 1.24. The van der Waals surface area contributed by atoms with Crippen LogP contribution in [0.5, 0.6) is 0 Å². The average Bonchev–Trinajstić information content (AvgIpc) is 2.96.